The fraction of sp³-hybridized carbons (Fsp3) is 0.545. The van der Waals surface area contributed by atoms with Gasteiger partial charge in [0.1, 0.15) is 6.23 Å². The zero-order valence-electron chi connectivity index (χ0n) is 10.6. The van der Waals surface area contributed by atoms with Crippen LogP contribution in [-0.4, -0.2) is 44.4 Å². The van der Waals surface area contributed by atoms with E-state index in [1.54, 1.807) is 13.4 Å². The van der Waals surface area contributed by atoms with E-state index >= 15 is 0 Å². The van der Waals surface area contributed by atoms with E-state index in [0.717, 1.165) is 12.8 Å². The molecule has 102 valence electrons. The Morgan fingerprint density at radius 1 is 1.53 bits per heavy atom. The number of aromatic nitrogens is 4. The highest BCUT2D eigenvalue weighted by Gasteiger charge is 2.27. The van der Waals surface area contributed by atoms with E-state index in [9.17, 15) is 0 Å². The van der Waals surface area contributed by atoms with Crippen molar-refractivity contribution in [3.05, 3.63) is 6.33 Å². The normalized spacial score (nSPS) is 23.1. The third-order valence-electron chi connectivity index (χ3n) is 3.27. The molecule has 8 heteroatoms. The molecule has 0 spiro atoms. The van der Waals surface area contributed by atoms with E-state index in [-0.39, 0.29) is 24.9 Å². The summed E-state index contributed by atoms with van der Waals surface area (Å²) in [6.07, 6.45) is 3.02. The number of aliphatic hydroxyl groups is 1. The summed E-state index contributed by atoms with van der Waals surface area (Å²) < 4.78 is 7.56. The molecule has 4 N–H and O–H groups in total. The number of hydrogen-bond donors (Lipinski definition) is 3. The molecule has 19 heavy (non-hydrogen) atoms. The van der Waals surface area contributed by atoms with Gasteiger partial charge in [-0.2, -0.15) is 9.97 Å². The van der Waals surface area contributed by atoms with E-state index < -0.39 is 0 Å². The number of imidazole rings is 1. The second-order valence-electron chi connectivity index (χ2n) is 4.48. The molecule has 2 atom stereocenters. The number of aliphatic hydroxyl groups excluding tert-OH is 1. The van der Waals surface area contributed by atoms with Crippen LogP contribution in [-0.2, 0) is 4.74 Å². The van der Waals surface area contributed by atoms with Gasteiger partial charge in [0.05, 0.1) is 19.0 Å². The lowest BCUT2D eigenvalue weighted by molar-refractivity contribution is -0.0207. The molecule has 2 aromatic rings. The fourth-order valence-electron chi connectivity index (χ4n) is 2.34. The Kier molecular flexibility index (Phi) is 2.96. The van der Waals surface area contributed by atoms with E-state index in [2.05, 4.69) is 20.3 Å². The molecule has 3 heterocycles. The maximum absolute atomic E-state index is 9.12. The molecular formula is C11H16N6O2. The van der Waals surface area contributed by atoms with Gasteiger partial charge in [-0.3, -0.25) is 4.57 Å². The fourth-order valence-corrected chi connectivity index (χ4v) is 2.34. The van der Waals surface area contributed by atoms with Gasteiger partial charge in [0.25, 0.3) is 0 Å². The van der Waals surface area contributed by atoms with Crippen LogP contribution in [0.5, 0.6) is 0 Å². The highest BCUT2D eigenvalue weighted by Crippen LogP contribution is 2.31. The maximum Gasteiger partial charge on any atom is 0.224 e. The van der Waals surface area contributed by atoms with Gasteiger partial charge in [-0.05, 0) is 12.8 Å². The van der Waals surface area contributed by atoms with Gasteiger partial charge in [-0.15, -0.1) is 0 Å². The van der Waals surface area contributed by atoms with Crippen molar-refractivity contribution in [1.29, 1.82) is 0 Å². The standard InChI is InChI=1S/C11H16N6O2/c1-13-9-8-10(16-11(12)15-9)17(5-14-8)7-3-2-6(4-18)19-7/h5-7,18H,2-4H2,1H3,(H3,12,13,15,16). The average molecular weight is 264 g/mol. The van der Waals surface area contributed by atoms with Crippen molar-refractivity contribution in [3.63, 3.8) is 0 Å². The quantitative estimate of drug-likeness (QED) is 0.722. The van der Waals surface area contributed by atoms with Crippen LogP contribution in [0.2, 0.25) is 0 Å². The summed E-state index contributed by atoms with van der Waals surface area (Å²) in [6.45, 7) is 0.0298. The molecule has 2 unspecified atom stereocenters. The van der Waals surface area contributed by atoms with E-state index in [1.807, 2.05) is 4.57 Å². The maximum atomic E-state index is 9.12. The molecule has 1 aliphatic heterocycles. The van der Waals surface area contributed by atoms with Gasteiger partial charge >= 0.3 is 0 Å². The molecule has 2 aromatic heterocycles. The zero-order valence-corrected chi connectivity index (χ0v) is 10.6. The van der Waals surface area contributed by atoms with Crippen molar-refractivity contribution in [2.24, 2.45) is 0 Å². The van der Waals surface area contributed by atoms with Crippen molar-refractivity contribution in [3.8, 4) is 0 Å². The van der Waals surface area contributed by atoms with Gasteiger partial charge < -0.3 is 20.9 Å². The summed E-state index contributed by atoms with van der Waals surface area (Å²) in [5.41, 5.74) is 7.00. The third-order valence-corrected chi connectivity index (χ3v) is 3.27. The predicted octanol–water partition coefficient (Wildman–Crippen LogP) is 0.120. The number of hydrogen-bond acceptors (Lipinski definition) is 7. The summed E-state index contributed by atoms with van der Waals surface area (Å²) in [6, 6.07) is 0. The lowest BCUT2D eigenvalue weighted by Crippen LogP contribution is -2.14. The van der Waals surface area contributed by atoms with Crippen LogP contribution < -0.4 is 11.1 Å². The van der Waals surface area contributed by atoms with Crippen molar-refractivity contribution in [1.82, 2.24) is 19.5 Å². The van der Waals surface area contributed by atoms with Crippen LogP contribution in [0, 0.1) is 0 Å². The Labute approximate surface area is 109 Å². The second-order valence-corrected chi connectivity index (χ2v) is 4.48. The van der Waals surface area contributed by atoms with Crippen molar-refractivity contribution < 1.29 is 9.84 Å². The molecule has 0 aromatic carbocycles. The number of fused-ring (bicyclic) bond motifs is 1. The van der Waals surface area contributed by atoms with Gasteiger partial charge in [-0.25, -0.2) is 4.98 Å². The number of ether oxygens (including phenoxy) is 1. The van der Waals surface area contributed by atoms with Crippen LogP contribution >= 0.6 is 0 Å². The first-order valence-electron chi connectivity index (χ1n) is 6.17. The SMILES string of the molecule is CNc1nc(N)nc2c1ncn2C1CCC(CO)O1. The molecule has 0 radical (unpaired) electrons. The Hall–Kier alpha value is -1.93. The molecule has 3 rings (SSSR count). The van der Waals surface area contributed by atoms with Crippen molar-refractivity contribution >= 4 is 22.9 Å². The number of nitrogens with zero attached hydrogens (tertiary/aromatic N) is 4. The highest BCUT2D eigenvalue weighted by atomic mass is 16.5. The van der Waals surface area contributed by atoms with Gasteiger partial charge in [0, 0.05) is 7.05 Å². The first-order valence-corrected chi connectivity index (χ1v) is 6.17. The molecule has 0 aliphatic carbocycles. The minimum absolute atomic E-state index is 0.0298. The van der Waals surface area contributed by atoms with Crippen LogP contribution in [0.3, 0.4) is 0 Å². The lowest BCUT2D eigenvalue weighted by Gasteiger charge is -2.14. The van der Waals surface area contributed by atoms with Crippen LogP contribution in [0.1, 0.15) is 19.1 Å². The Morgan fingerprint density at radius 2 is 2.37 bits per heavy atom. The minimum Gasteiger partial charge on any atom is -0.394 e. The molecule has 1 aliphatic rings. The molecule has 0 bridgehead atoms. The van der Waals surface area contributed by atoms with E-state index in [1.165, 1.54) is 0 Å². The van der Waals surface area contributed by atoms with E-state index in [0.29, 0.717) is 17.0 Å². The molecule has 0 saturated carbocycles. The van der Waals surface area contributed by atoms with E-state index in [4.69, 9.17) is 15.6 Å². The van der Waals surface area contributed by atoms with Crippen LogP contribution in [0.4, 0.5) is 11.8 Å². The minimum atomic E-state index is -0.166. The summed E-state index contributed by atoms with van der Waals surface area (Å²) in [7, 11) is 1.76. The predicted molar refractivity (Wildman–Crippen MR) is 69.5 cm³/mol. The number of nitrogen functional groups attached to an aromatic ring is 1. The van der Waals surface area contributed by atoms with Gasteiger partial charge in [-0.1, -0.05) is 0 Å². The lowest BCUT2D eigenvalue weighted by atomic mass is 10.2. The first-order chi connectivity index (χ1) is 9.22. The summed E-state index contributed by atoms with van der Waals surface area (Å²) in [5, 5.41) is 12.1. The van der Waals surface area contributed by atoms with Crippen LogP contribution in [0.15, 0.2) is 6.33 Å². The number of nitrogens with one attached hydrogen (secondary N) is 1. The second kappa shape index (κ2) is 4.63. The summed E-state index contributed by atoms with van der Waals surface area (Å²) in [5.74, 6) is 0.785. The topological polar surface area (TPSA) is 111 Å². The largest absolute Gasteiger partial charge is 0.394 e. The molecule has 1 fully saturated rings. The van der Waals surface area contributed by atoms with Crippen molar-refractivity contribution in [2.75, 3.05) is 24.7 Å². The van der Waals surface area contributed by atoms with Crippen LogP contribution in [0.25, 0.3) is 11.2 Å². The Morgan fingerprint density at radius 3 is 3.05 bits per heavy atom. The number of anilines is 2. The monoisotopic (exact) mass is 264 g/mol. The highest BCUT2D eigenvalue weighted by molar-refractivity contribution is 5.84. The Balaban J connectivity index is 2.03. The molecule has 1 saturated heterocycles. The number of rotatable bonds is 3. The third kappa shape index (κ3) is 1.98. The Bertz CT molecular complexity index is 598. The summed E-state index contributed by atoms with van der Waals surface area (Å²) in [4.78, 5) is 12.6. The first kappa shape index (κ1) is 12.1. The van der Waals surface area contributed by atoms with Crippen molar-refractivity contribution in [2.45, 2.75) is 25.2 Å². The molecule has 8 nitrogen and oxygen atoms in total. The smallest absolute Gasteiger partial charge is 0.224 e. The average Bonchev–Trinajstić information content (AvgIpc) is 3.03. The molecular weight excluding hydrogens is 248 g/mol. The summed E-state index contributed by atoms with van der Waals surface area (Å²) >= 11 is 0. The van der Waals surface area contributed by atoms with Gasteiger partial charge in [0.15, 0.2) is 17.0 Å². The zero-order chi connectivity index (χ0) is 13.4. The van der Waals surface area contributed by atoms with Gasteiger partial charge in [0.2, 0.25) is 5.95 Å². The number of nitrogens with two attached hydrogens (primary N) is 1. The molecule has 0 amide bonds.